The van der Waals surface area contributed by atoms with Gasteiger partial charge in [-0.1, -0.05) is 0 Å². The number of hydrogen-bond acceptors (Lipinski definition) is 9. The Labute approximate surface area is 222 Å². The predicted molar refractivity (Wildman–Crippen MR) is 135 cm³/mol. The van der Waals surface area contributed by atoms with E-state index in [1.807, 2.05) is 0 Å². The first-order valence-corrected chi connectivity index (χ1v) is 12.3. The molecule has 12 heteroatoms. The minimum absolute atomic E-state index is 0.0376. The lowest BCUT2D eigenvalue weighted by atomic mass is 9.79. The van der Waals surface area contributed by atoms with E-state index in [1.54, 1.807) is 12.1 Å². The van der Waals surface area contributed by atoms with E-state index < -0.39 is 34.9 Å². The van der Waals surface area contributed by atoms with Gasteiger partial charge in [-0.2, -0.15) is 0 Å². The van der Waals surface area contributed by atoms with Gasteiger partial charge in [0.25, 0.3) is 5.91 Å². The largest absolute Gasteiger partial charge is 0.493 e. The molecule has 2 aliphatic heterocycles. The Kier molecular flexibility index (Phi) is 6.13. The van der Waals surface area contributed by atoms with Crippen molar-refractivity contribution in [1.29, 1.82) is 0 Å². The Morgan fingerprint density at radius 3 is 2.42 bits per heavy atom. The molecular formula is C26H26ClN3O8. The second kappa shape index (κ2) is 9.09. The van der Waals surface area contributed by atoms with Gasteiger partial charge in [-0.25, -0.2) is 4.79 Å². The van der Waals surface area contributed by atoms with Crippen LogP contribution in [0.3, 0.4) is 0 Å². The Morgan fingerprint density at radius 1 is 1.11 bits per heavy atom. The van der Waals surface area contributed by atoms with E-state index in [4.69, 9.17) is 30.5 Å². The summed E-state index contributed by atoms with van der Waals surface area (Å²) in [5, 5.41) is 3.42. The highest BCUT2D eigenvalue weighted by Crippen LogP contribution is 2.48. The number of ketones is 2. The second-order valence-electron chi connectivity index (χ2n) is 9.39. The average molecular weight is 544 g/mol. The third kappa shape index (κ3) is 3.41. The molecule has 1 aliphatic carbocycles. The number of hydrogen-bond donors (Lipinski definition) is 2. The molecule has 0 radical (unpaired) electrons. The van der Waals surface area contributed by atoms with E-state index in [0.717, 1.165) is 0 Å². The molecule has 38 heavy (non-hydrogen) atoms. The molecule has 3 heterocycles. The monoisotopic (exact) mass is 543 g/mol. The molecule has 3 atom stereocenters. The number of H-pyrrole nitrogens is 1. The molecule has 1 amide bonds. The number of amides is 1. The molecule has 2 aromatic rings. The zero-order chi connectivity index (χ0) is 27.5. The lowest BCUT2D eigenvalue weighted by Crippen LogP contribution is -2.52. The SMILES string of the molecule is COC(=O)C1(C)NC2=C(C1=O)C1C(=CC2=O)N(C(=O)c2cc3cc(OC)c(OC)c(OC)c3[nH]2)CC1CCl. The number of nitrogens with zero attached hydrogens (tertiary/aromatic N) is 1. The first-order valence-electron chi connectivity index (χ1n) is 11.8. The van der Waals surface area contributed by atoms with Crippen molar-refractivity contribution in [2.45, 2.75) is 12.5 Å². The Hall–Kier alpha value is -3.99. The standard InChI is InChI=1S/C26H26ClN3O8/c1-26(25(34)38-5)23(32)18-17-12(9-27)10-30(14(17)8-15(31)20(18)29-26)24(33)13-6-11-7-16(35-2)21(36-3)22(37-4)19(11)28-13/h6-8,12,17,28-29H,9-10H2,1-5H3. The molecule has 2 N–H and O–H groups in total. The van der Waals surface area contributed by atoms with Crippen LogP contribution in [0.15, 0.2) is 35.2 Å². The van der Waals surface area contributed by atoms with Crippen LogP contribution in [0.25, 0.3) is 10.9 Å². The van der Waals surface area contributed by atoms with Crippen molar-refractivity contribution in [3.63, 3.8) is 0 Å². The van der Waals surface area contributed by atoms with Crippen LogP contribution in [0, 0.1) is 11.8 Å². The number of allylic oxidation sites excluding steroid dienone is 2. The van der Waals surface area contributed by atoms with Gasteiger partial charge in [0.15, 0.2) is 22.8 Å². The van der Waals surface area contributed by atoms with Crippen LogP contribution in [0.5, 0.6) is 17.2 Å². The zero-order valence-electron chi connectivity index (χ0n) is 21.4. The highest BCUT2D eigenvalue weighted by atomic mass is 35.5. The molecular weight excluding hydrogens is 518 g/mol. The molecule has 3 unspecified atom stereocenters. The number of aromatic nitrogens is 1. The summed E-state index contributed by atoms with van der Waals surface area (Å²) in [7, 11) is 5.63. The van der Waals surface area contributed by atoms with Crippen LogP contribution in [0.4, 0.5) is 0 Å². The fourth-order valence-corrected chi connectivity index (χ4v) is 5.83. The van der Waals surface area contributed by atoms with Crippen LogP contribution >= 0.6 is 11.6 Å². The minimum Gasteiger partial charge on any atom is -0.493 e. The molecule has 1 saturated heterocycles. The van der Waals surface area contributed by atoms with Gasteiger partial charge in [0.2, 0.25) is 11.5 Å². The van der Waals surface area contributed by atoms with Crippen molar-refractivity contribution in [2.75, 3.05) is 40.9 Å². The summed E-state index contributed by atoms with van der Waals surface area (Å²) in [6.07, 6.45) is 1.33. The Balaban J connectivity index is 1.55. The second-order valence-corrected chi connectivity index (χ2v) is 9.70. The number of halogens is 1. The number of nitrogens with one attached hydrogen (secondary N) is 2. The summed E-state index contributed by atoms with van der Waals surface area (Å²) >= 11 is 6.30. The molecule has 0 saturated carbocycles. The number of Topliss-reactive ketones (excluding diaryl/α,β-unsaturated/α-hetero) is 1. The quantitative estimate of drug-likeness (QED) is 0.318. The number of likely N-dealkylation sites (tertiary alicyclic amines) is 1. The van der Waals surface area contributed by atoms with E-state index in [1.165, 1.54) is 46.3 Å². The topological polar surface area (TPSA) is 136 Å². The summed E-state index contributed by atoms with van der Waals surface area (Å²) in [6.45, 7) is 1.55. The van der Waals surface area contributed by atoms with Gasteiger partial charge >= 0.3 is 5.97 Å². The maximum Gasteiger partial charge on any atom is 0.339 e. The van der Waals surface area contributed by atoms with Crippen LogP contribution < -0.4 is 19.5 Å². The van der Waals surface area contributed by atoms with Gasteiger partial charge in [-0.3, -0.25) is 14.4 Å². The van der Waals surface area contributed by atoms with Gasteiger partial charge in [0.1, 0.15) is 5.69 Å². The number of rotatable bonds is 6. The molecule has 0 bridgehead atoms. The lowest BCUT2D eigenvalue weighted by molar-refractivity contribution is -0.150. The number of aromatic amines is 1. The van der Waals surface area contributed by atoms with E-state index in [-0.39, 0.29) is 35.3 Å². The van der Waals surface area contributed by atoms with Gasteiger partial charge < -0.3 is 34.1 Å². The fraction of sp³-hybridized carbons (Fsp3) is 0.385. The zero-order valence-corrected chi connectivity index (χ0v) is 22.1. The number of ether oxygens (including phenoxy) is 4. The maximum absolute atomic E-state index is 13.8. The third-order valence-corrected chi connectivity index (χ3v) is 7.78. The molecule has 11 nitrogen and oxygen atoms in total. The number of methoxy groups -OCH3 is 4. The fourth-order valence-electron chi connectivity index (χ4n) is 5.55. The Bertz CT molecular complexity index is 1470. The van der Waals surface area contributed by atoms with Gasteiger partial charge in [0.05, 0.1) is 39.7 Å². The van der Waals surface area contributed by atoms with Crippen molar-refractivity contribution >= 4 is 45.9 Å². The number of esters is 1. The van der Waals surface area contributed by atoms with Gasteiger partial charge in [-0.05, 0) is 19.1 Å². The first kappa shape index (κ1) is 25.7. The van der Waals surface area contributed by atoms with Crippen molar-refractivity contribution in [1.82, 2.24) is 15.2 Å². The summed E-state index contributed by atoms with van der Waals surface area (Å²) in [5.74, 6) is -2.03. The van der Waals surface area contributed by atoms with Gasteiger partial charge in [0, 0.05) is 47.0 Å². The highest BCUT2D eigenvalue weighted by molar-refractivity contribution is 6.25. The smallest absolute Gasteiger partial charge is 0.339 e. The summed E-state index contributed by atoms with van der Waals surface area (Å²) in [6, 6.07) is 3.37. The maximum atomic E-state index is 13.8. The third-order valence-electron chi connectivity index (χ3n) is 7.39. The normalized spacial score (nSPS) is 24.2. The molecule has 5 rings (SSSR count). The van der Waals surface area contributed by atoms with Crippen LogP contribution in [0.2, 0.25) is 0 Å². The Morgan fingerprint density at radius 2 is 1.82 bits per heavy atom. The number of carbonyl (C=O) groups excluding carboxylic acids is 4. The van der Waals surface area contributed by atoms with Crippen molar-refractivity contribution < 1.29 is 38.1 Å². The van der Waals surface area contributed by atoms with Crippen molar-refractivity contribution in [3.8, 4) is 17.2 Å². The van der Waals surface area contributed by atoms with E-state index >= 15 is 0 Å². The van der Waals surface area contributed by atoms with Crippen LogP contribution in [0.1, 0.15) is 17.4 Å². The van der Waals surface area contributed by atoms with Crippen molar-refractivity contribution in [3.05, 3.63) is 40.9 Å². The molecule has 3 aliphatic rings. The average Bonchev–Trinajstić information content (AvgIpc) is 3.59. The summed E-state index contributed by atoms with van der Waals surface area (Å²) in [4.78, 5) is 57.4. The van der Waals surface area contributed by atoms with E-state index in [0.29, 0.717) is 33.8 Å². The number of alkyl halides is 1. The number of fused-ring (bicyclic) bond motifs is 3. The highest BCUT2D eigenvalue weighted by Gasteiger charge is 2.58. The minimum atomic E-state index is -1.74. The van der Waals surface area contributed by atoms with Gasteiger partial charge in [-0.15, -0.1) is 11.6 Å². The van der Waals surface area contributed by atoms with Crippen LogP contribution in [-0.2, 0) is 19.1 Å². The molecule has 1 aromatic heterocycles. The first-order chi connectivity index (χ1) is 18.1. The van der Waals surface area contributed by atoms with E-state index in [9.17, 15) is 19.2 Å². The summed E-state index contributed by atoms with van der Waals surface area (Å²) < 4.78 is 21.2. The molecule has 200 valence electrons. The number of carbonyl (C=O) groups is 4. The molecule has 1 aromatic carbocycles. The lowest BCUT2D eigenvalue weighted by Gasteiger charge is -2.24. The van der Waals surface area contributed by atoms with Crippen LogP contribution in [-0.4, -0.2) is 79.7 Å². The molecule has 0 spiro atoms. The summed E-state index contributed by atoms with van der Waals surface area (Å²) in [5.41, 5.74) is -0.440. The number of benzene rings is 1. The van der Waals surface area contributed by atoms with E-state index in [2.05, 4.69) is 10.3 Å². The predicted octanol–water partition coefficient (Wildman–Crippen LogP) is 1.95. The van der Waals surface area contributed by atoms with Crippen molar-refractivity contribution in [2.24, 2.45) is 11.8 Å². The molecule has 1 fully saturated rings.